The van der Waals surface area contributed by atoms with Crippen molar-refractivity contribution in [1.82, 2.24) is 9.97 Å². The number of nitrogens with one attached hydrogen (secondary N) is 1. The standard InChI is InChI=1S/C27H26N2O/c1-18(30)22-7-5-6-8-23(22)20-12-15-24-25(17-20)29-26(28-24)16-11-19-9-13-21(14-10-19)27(2,3)4/h5-17,30H,1H2,2-4H3,(H,28,29)/b16-11+. The van der Waals surface area contributed by atoms with E-state index in [9.17, 15) is 5.11 Å². The minimum Gasteiger partial charge on any atom is -0.508 e. The number of benzene rings is 3. The van der Waals surface area contributed by atoms with Crippen LogP contribution in [0.2, 0.25) is 0 Å². The highest BCUT2D eigenvalue weighted by molar-refractivity contribution is 5.86. The molecule has 0 fully saturated rings. The lowest BCUT2D eigenvalue weighted by Gasteiger charge is -2.18. The highest BCUT2D eigenvalue weighted by Crippen LogP contribution is 2.29. The maximum Gasteiger partial charge on any atom is 0.131 e. The molecule has 3 heteroatoms. The molecule has 0 radical (unpaired) electrons. The van der Waals surface area contributed by atoms with Crippen molar-refractivity contribution in [2.45, 2.75) is 26.2 Å². The smallest absolute Gasteiger partial charge is 0.131 e. The molecule has 4 aromatic rings. The van der Waals surface area contributed by atoms with Crippen LogP contribution >= 0.6 is 0 Å². The Hall–Kier alpha value is -3.59. The van der Waals surface area contributed by atoms with Gasteiger partial charge in [-0.2, -0.15) is 0 Å². The van der Waals surface area contributed by atoms with Gasteiger partial charge < -0.3 is 10.1 Å². The van der Waals surface area contributed by atoms with Crippen LogP contribution in [-0.4, -0.2) is 15.1 Å². The third kappa shape index (κ3) is 4.06. The molecular formula is C27H26N2O. The maximum atomic E-state index is 9.90. The zero-order valence-electron chi connectivity index (χ0n) is 17.6. The quantitative estimate of drug-likeness (QED) is 0.359. The van der Waals surface area contributed by atoms with Gasteiger partial charge in [0, 0.05) is 5.56 Å². The summed E-state index contributed by atoms with van der Waals surface area (Å²) in [6.07, 6.45) is 4.06. The van der Waals surface area contributed by atoms with Gasteiger partial charge in [0.15, 0.2) is 0 Å². The number of hydrogen-bond donors (Lipinski definition) is 2. The van der Waals surface area contributed by atoms with E-state index in [-0.39, 0.29) is 11.2 Å². The Morgan fingerprint density at radius 3 is 2.40 bits per heavy atom. The van der Waals surface area contributed by atoms with Crippen LogP contribution in [0.3, 0.4) is 0 Å². The van der Waals surface area contributed by atoms with E-state index in [0.717, 1.165) is 39.1 Å². The highest BCUT2D eigenvalue weighted by Gasteiger charge is 2.12. The third-order valence-corrected chi connectivity index (χ3v) is 5.26. The van der Waals surface area contributed by atoms with Gasteiger partial charge in [0.2, 0.25) is 0 Å². The molecule has 1 aromatic heterocycles. The summed E-state index contributed by atoms with van der Waals surface area (Å²) in [7, 11) is 0. The Balaban J connectivity index is 1.62. The van der Waals surface area contributed by atoms with Gasteiger partial charge in [0.25, 0.3) is 0 Å². The SMILES string of the molecule is C=C(O)c1ccccc1-c1ccc2nc(/C=C/c3ccc(C(C)(C)C)cc3)[nH]c2c1. The number of hydrogen-bond acceptors (Lipinski definition) is 2. The van der Waals surface area contributed by atoms with Crippen molar-refractivity contribution in [2.24, 2.45) is 0 Å². The molecule has 0 saturated heterocycles. The van der Waals surface area contributed by atoms with Crippen LogP contribution < -0.4 is 0 Å². The molecule has 0 unspecified atom stereocenters. The molecule has 4 rings (SSSR count). The molecule has 0 atom stereocenters. The first-order chi connectivity index (χ1) is 14.3. The van der Waals surface area contributed by atoms with E-state index >= 15 is 0 Å². The van der Waals surface area contributed by atoms with Crippen molar-refractivity contribution in [1.29, 1.82) is 0 Å². The van der Waals surface area contributed by atoms with Gasteiger partial charge in [0.1, 0.15) is 11.6 Å². The summed E-state index contributed by atoms with van der Waals surface area (Å²) in [6.45, 7) is 10.3. The summed E-state index contributed by atoms with van der Waals surface area (Å²) < 4.78 is 0. The van der Waals surface area contributed by atoms with Crippen LogP contribution in [0.25, 0.3) is 40.1 Å². The number of aromatic amines is 1. The average Bonchev–Trinajstić information content (AvgIpc) is 3.14. The predicted molar refractivity (Wildman–Crippen MR) is 127 cm³/mol. The summed E-state index contributed by atoms with van der Waals surface area (Å²) >= 11 is 0. The molecule has 0 aliphatic carbocycles. The van der Waals surface area contributed by atoms with E-state index in [0.29, 0.717) is 0 Å². The second-order valence-electron chi connectivity index (χ2n) is 8.55. The van der Waals surface area contributed by atoms with Gasteiger partial charge in [-0.15, -0.1) is 0 Å². The average molecular weight is 395 g/mol. The van der Waals surface area contributed by atoms with Crippen LogP contribution in [0.1, 0.15) is 43.3 Å². The third-order valence-electron chi connectivity index (χ3n) is 5.26. The molecule has 0 saturated carbocycles. The monoisotopic (exact) mass is 394 g/mol. The molecule has 3 aromatic carbocycles. The number of aliphatic hydroxyl groups is 1. The summed E-state index contributed by atoms with van der Waals surface area (Å²) in [5, 5.41) is 9.90. The van der Waals surface area contributed by atoms with Crippen LogP contribution in [0.5, 0.6) is 0 Å². The Labute approximate surface area is 177 Å². The van der Waals surface area contributed by atoms with E-state index in [4.69, 9.17) is 0 Å². The van der Waals surface area contributed by atoms with Crippen LogP contribution in [0, 0.1) is 0 Å². The van der Waals surface area contributed by atoms with Crippen molar-refractivity contribution in [3.63, 3.8) is 0 Å². The first-order valence-electron chi connectivity index (χ1n) is 10.1. The van der Waals surface area contributed by atoms with Gasteiger partial charge >= 0.3 is 0 Å². The van der Waals surface area contributed by atoms with Crippen LogP contribution in [0.4, 0.5) is 0 Å². The number of fused-ring (bicyclic) bond motifs is 1. The van der Waals surface area contributed by atoms with E-state index < -0.39 is 0 Å². The lowest BCUT2D eigenvalue weighted by atomic mass is 9.87. The predicted octanol–water partition coefficient (Wildman–Crippen LogP) is 7.23. The van der Waals surface area contributed by atoms with E-state index in [2.05, 4.69) is 73.7 Å². The van der Waals surface area contributed by atoms with Gasteiger partial charge in [-0.1, -0.05) is 88.0 Å². The second kappa shape index (κ2) is 7.68. The maximum absolute atomic E-state index is 9.90. The van der Waals surface area contributed by atoms with Crippen LogP contribution in [-0.2, 0) is 5.41 Å². The molecule has 3 nitrogen and oxygen atoms in total. The Morgan fingerprint density at radius 1 is 0.967 bits per heavy atom. The lowest BCUT2D eigenvalue weighted by molar-refractivity contribution is 0.514. The number of aromatic nitrogens is 2. The zero-order valence-corrected chi connectivity index (χ0v) is 17.6. The number of H-pyrrole nitrogens is 1. The molecule has 0 bridgehead atoms. The number of rotatable bonds is 4. The van der Waals surface area contributed by atoms with Crippen LogP contribution in [0.15, 0.2) is 73.3 Å². The normalized spacial score (nSPS) is 12.0. The van der Waals surface area contributed by atoms with E-state index in [1.54, 1.807) is 0 Å². The summed E-state index contributed by atoms with van der Waals surface area (Å²) in [5.41, 5.74) is 7.15. The van der Waals surface area contributed by atoms with Gasteiger partial charge in [-0.25, -0.2) is 4.98 Å². The Kier molecular flexibility index (Phi) is 5.04. The first-order valence-corrected chi connectivity index (χ1v) is 10.1. The van der Waals surface area contributed by atoms with Crippen molar-refractivity contribution in [2.75, 3.05) is 0 Å². The van der Waals surface area contributed by atoms with Crippen molar-refractivity contribution in [3.8, 4) is 11.1 Å². The minimum absolute atomic E-state index is 0.0661. The topological polar surface area (TPSA) is 48.9 Å². The molecule has 150 valence electrons. The van der Waals surface area contributed by atoms with Gasteiger partial charge in [0.05, 0.1) is 11.0 Å². The van der Waals surface area contributed by atoms with E-state index in [1.165, 1.54) is 5.56 Å². The molecule has 0 aliphatic rings. The summed E-state index contributed by atoms with van der Waals surface area (Å²) in [4.78, 5) is 8.05. The largest absolute Gasteiger partial charge is 0.508 e. The minimum atomic E-state index is 0.0661. The Morgan fingerprint density at radius 2 is 1.70 bits per heavy atom. The van der Waals surface area contributed by atoms with Gasteiger partial charge in [-0.3, -0.25) is 0 Å². The lowest BCUT2D eigenvalue weighted by Crippen LogP contribution is -2.10. The zero-order chi connectivity index (χ0) is 21.3. The van der Waals surface area contributed by atoms with Crippen molar-refractivity contribution < 1.29 is 5.11 Å². The van der Waals surface area contributed by atoms with Crippen molar-refractivity contribution >= 4 is 28.9 Å². The number of imidazole rings is 1. The fourth-order valence-corrected chi connectivity index (χ4v) is 3.53. The summed E-state index contributed by atoms with van der Waals surface area (Å²) in [6, 6.07) is 22.4. The molecular weight excluding hydrogens is 368 g/mol. The summed E-state index contributed by atoms with van der Waals surface area (Å²) in [5.74, 6) is 0.873. The van der Waals surface area contributed by atoms with Gasteiger partial charge in [-0.05, 0) is 45.9 Å². The number of nitrogens with zero attached hydrogens (tertiary/aromatic N) is 1. The van der Waals surface area contributed by atoms with E-state index in [1.807, 2.05) is 42.5 Å². The second-order valence-corrected chi connectivity index (χ2v) is 8.55. The molecule has 0 spiro atoms. The first kappa shape index (κ1) is 19.7. The Bertz CT molecular complexity index is 1240. The molecule has 1 heterocycles. The molecule has 0 amide bonds. The fraction of sp³-hybridized carbons (Fsp3) is 0.148. The fourth-order valence-electron chi connectivity index (χ4n) is 3.53. The molecule has 0 aliphatic heterocycles. The molecule has 2 N–H and O–H groups in total. The molecule has 30 heavy (non-hydrogen) atoms. The van der Waals surface area contributed by atoms with Crippen molar-refractivity contribution in [3.05, 3.63) is 95.8 Å². The highest BCUT2D eigenvalue weighted by atomic mass is 16.3. The number of aliphatic hydroxyl groups excluding tert-OH is 1.